The molecule has 2 aromatic rings. The van der Waals surface area contributed by atoms with E-state index in [1.807, 2.05) is 49.4 Å². The number of piperidine rings is 1. The number of likely N-dealkylation sites (tertiary alicyclic amines) is 1. The summed E-state index contributed by atoms with van der Waals surface area (Å²) in [7, 11) is 0. The Bertz CT molecular complexity index is 923. The lowest BCUT2D eigenvalue weighted by molar-refractivity contribution is -0.125. The molecule has 3 amide bonds. The lowest BCUT2D eigenvalue weighted by Gasteiger charge is -2.36. The molecule has 2 aliphatic rings. The second kappa shape index (κ2) is 7.46. The van der Waals surface area contributed by atoms with Crippen LogP contribution in [0.2, 0.25) is 0 Å². The Morgan fingerprint density at radius 1 is 1.07 bits per heavy atom. The van der Waals surface area contributed by atoms with Crippen LogP contribution in [0.3, 0.4) is 0 Å². The molecule has 2 heterocycles. The highest BCUT2D eigenvalue weighted by Gasteiger charge is 2.35. The van der Waals surface area contributed by atoms with E-state index in [0.29, 0.717) is 30.0 Å². The van der Waals surface area contributed by atoms with Crippen molar-refractivity contribution < 1.29 is 14.4 Å². The first-order valence-corrected chi connectivity index (χ1v) is 9.59. The van der Waals surface area contributed by atoms with Gasteiger partial charge in [0.25, 0.3) is 5.91 Å². The van der Waals surface area contributed by atoms with Crippen molar-refractivity contribution in [1.29, 1.82) is 0 Å². The topological polar surface area (TPSA) is 69.7 Å². The number of fused-ring (bicyclic) bond motifs is 1. The van der Waals surface area contributed by atoms with Crippen molar-refractivity contribution in [3.63, 3.8) is 0 Å². The zero-order chi connectivity index (χ0) is 19.7. The van der Waals surface area contributed by atoms with E-state index in [9.17, 15) is 14.4 Å². The molecule has 6 heteroatoms. The summed E-state index contributed by atoms with van der Waals surface area (Å²) < 4.78 is 0. The first-order chi connectivity index (χ1) is 13.5. The smallest absolute Gasteiger partial charge is 0.253 e. The van der Waals surface area contributed by atoms with Gasteiger partial charge in [0.2, 0.25) is 11.8 Å². The van der Waals surface area contributed by atoms with Gasteiger partial charge in [-0.05, 0) is 44.0 Å². The summed E-state index contributed by atoms with van der Waals surface area (Å²) in [4.78, 5) is 41.4. The lowest BCUT2D eigenvalue weighted by atomic mass is 9.95. The van der Waals surface area contributed by atoms with Crippen LogP contribution in [0, 0.1) is 12.8 Å². The second-order valence-electron chi connectivity index (χ2n) is 7.45. The third kappa shape index (κ3) is 3.50. The Balaban J connectivity index is 1.52. The third-order valence-corrected chi connectivity index (χ3v) is 5.39. The van der Waals surface area contributed by atoms with Gasteiger partial charge in [0.05, 0.1) is 17.3 Å². The quantitative estimate of drug-likeness (QED) is 0.875. The number of benzene rings is 2. The van der Waals surface area contributed by atoms with Gasteiger partial charge in [-0.15, -0.1) is 0 Å². The van der Waals surface area contributed by atoms with Crippen LogP contribution in [0.5, 0.6) is 0 Å². The fourth-order valence-corrected chi connectivity index (χ4v) is 3.89. The van der Waals surface area contributed by atoms with Gasteiger partial charge in [0, 0.05) is 18.7 Å². The molecule has 0 spiro atoms. The number of amides is 3. The Labute approximate surface area is 164 Å². The molecule has 0 bridgehead atoms. The van der Waals surface area contributed by atoms with Crippen molar-refractivity contribution >= 4 is 29.1 Å². The second-order valence-corrected chi connectivity index (χ2v) is 7.45. The average molecular weight is 377 g/mol. The first-order valence-electron chi connectivity index (χ1n) is 9.59. The predicted octanol–water partition coefficient (Wildman–Crippen LogP) is 2.83. The summed E-state index contributed by atoms with van der Waals surface area (Å²) in [5.74, 6) is -0.643. The Morgan fingerprint density at radius 2 is 1.82 bits per heavy atom. The number of para-hydroxylation sites is 2. The maximum Gasteiger partial charge on any atom is 0.253 e. The number of hydrogen-bond donors (Lipinski definition) is 1. The van der Waals surface area contributed by atoms with Gasteiger partial charge in [0.1, 0.15) is 6.54 Å². The highest BCUT2D eigenvalue weighted by atomic mass is 16.2. The molecule has 1 atom stereocenters. The normalized spacial score (nSPS) is 19.0. The minimum Gasteiger partial charge on any atom is -0.338 e. The van der Waals surface area contributed by atoms with E-state index < -0.39 is 0 Å². The molecule has 2 aliphatic heterocycles. The van der Waals surface area contributed by atoms with Gasteiger partial charge >= 0.3 is 0 Å². The van der Waals surface area contributed by atoms with Crippen molar-refractivity contribution in [3.8, 4) is 0 Å². The standard InChI is InChI=1S/C22H23N3O3/c1-15-8-10-16(11-9-15)21(27)24-12-4-5-17(13-24)22(28)25-14-20(26)23-18-6-2-3-7-19(18)25/h2-3,6-11,17H,4-5,12-14H2,1H3,(H,23,26). The number of aryl methyl sites for hydroxylation is 1. The van der Waals surface area contributed by atoms with E-state index >= 15 is 0 Å². The summed E-state index contributed by atoms with van der Waals surface area (Å²) in [6.45, 7) is 3.02. The van der Waals surface area contributed by atoms with Crippen LogP contribution in [-0.2, 0) is 9.59 Å². The number of anilines is 2. The highest BCUT2D eigenvalue weighted by molar-refractivity contribution is 6.10. The van der Waals surface area contributed by atoms with E-state index in [1.54, 1.807) is 15.9 Å². The third-order valence-electron chi connectivity index (χ3n) is 5.39. The van der Waals surface area contributed by atoms with Gasteiger partial charge in [-0.3, -0.25) is 14.4 Å². The van der Waals surface area contributed by atoms with Crippen LogP contribution >= 0.6 is 0 Å². The van der Waals surface area contributed by atoms with E-state index in [-0.39, 0.29) is 30.2 Å². The summed E-state index contributed by atoms with van der Waals surface area (Å²) in [6, 6.07) is 14.8. The molecule has 144 valence electrons. The maximum absolute atomic E-state index is 13.2. The van der Waals surface area contributed by atoms with Crippen LogP contribution in [0.15, 0.2) is 48.5 Å². The van der Waals surface area contributed by atoms with Gasteiger partial charge < -0.3 is 15.1 Å². The van der Waals surface area contributed by atoms with E-state index in [1.165, 1.54) is 0 Å². The fraction of sp³-hybridized carbons (Fsp3) is 0.318. The van der Waals surface area contributed by atoms with Crippen molar-refractivity contribution in [1.82, 2.24) is 4.90 Å². The van der Waals surface area contributed by atoms with Gasteiger partial charge in [0.15, 0.2) is 0 Å². The van der Waals surface area contributed by atoms with Crippen molar-refractivity contribution in [2.75, 3.05) is 29.9 Å². The van der Waals surface area contributed by atoms with E-state index in [2.05, 4.69) is 5.32 Å². The van der Waals surface area contributed by atoms with Crippen LogP contribution < -0.4 is 10.2 Å². The minimum atomic E-state index is -0.304. The zero-order valence-electron chi connectivity index (χ0n) is 15.9. The predicted molar refractivity (Wildman–Crippen MR) is 107 cm³/mol. The van der Waals surface area contributed by atoms with E-state index in [0.717, 1.165) is 18.4 Å². The molecule has 1 N–H and O–H groups in total. The van der Waals surface area contributed by atoms with Crippen LogP contribution in [0.25, 0.3) is 0 Å². The number of carbonyl (C=O) groups is 3. The Morgan fingerprint density at radius 3 is 2.61 bits per heavy atom. The molecular formula is C22H23N3O3. The molecule has 1 unspecified atom stereocenters. The molecule has 28 heavy (non-hydrogen) atoms. The minimum absolute atomic E-state index is 0.0122. The summed E-state index contributed by atoms with van der Waals surface area (Å²) >= 11 is 0. The molecule has 1 fully saturated rings. The van der Waals surface area contributed by atoms with Crippen molar-refractivity contribution in [2.45, 2.75) is 19.8 Å². The summed E-state index contributed by atoms with van der Waals surface area (Å²) in [6.07, 6.45) is 1.49. The van der Waals surface area contributed by atoms with E-state index in [4.69, 9.17) is 0 Å². The number of rotatable bonds is 2. The number of hydrogen-bond acceptors (Lipinski definition) is 3. The van der Waals surface area contributed by atoms with Crippen molar-refractivity contribution in [2.24, 2.45) is 5.92 Å². The number of nitrogens with one attached hydrogen (secondary N) is 1. The summed E-state index contributed by atoms with van der Waals surface area (Å²) in [5, 5.41) is 2.80. The van der Waals surface area contributed by atoms with Gasteiger partial charge in [-0.1, -0.05) is 29.8 Å². The molecule has 6 nitrogen and oxygen atoms in total. The van der Waals surface area contributed by atoms with Crippen LogP contribution in [-0.4, -0.2) is 42.3 Å². The molecular weight excluding hydrogens is 354 g/mol. The highest BCUT2D eigenvalue weighted by Crippen LogP contribution is 2.31. The SMILES string of the molecule is Cc1ccc(C(=O)N2CCCC(C(=O)N3CC(=O)Nc4ccccc43)C2)cc1. The average Bonchev–Trinajstić information content (AvgIpc) is 2.72. The fourth-order valence-electron chi connectivity index (χ4n) is 3.89. The molecule has 0 saturated carbocycles. The van der Waals surface area contributed by atoms with Crippen LogP contribution in [0.1, 0.15) is 28.8 Å². The first kappa shape index (κ1) is 18.2. The van der Waals surface area contributed by atoms with Crippen LogP contribution in [0.4, 0.5) is 11.4 Å². The lowest BCUT2D eigenvalue weighted by Crippen LogP contribution is -2.50. The maximum atomic E-state index is 13.2. The van der Waals surface area contributed by atoms with Crippen molar-refractivity contribution in [3.05, 3.63) is 59.7 Å². The Hall–Kier alpha value is -3.15. The monoisotopic (exact) mass is 377 g/mol. The molecule has 0 aliphatic carbocycles. The molecule has 1 saturated heterocycles. The molecule has 4 rings (SSSR count). The van der Waals surface area contributed by atoms with Gasteiger partial charge in [-0.2, -0.15) is 0 Å². The Kier molecular flexibility index (Phi) is 4.86. The largest absolute Gasteiger partial charge is 0.338 e. The molecule has 0 radical (unpaired) electrons. The zero-order valence-corrected chi connectivity index (χ0v) is 15.9. The molecule has 0 aromatic heterocycles. The number of nitrogens with zero attached hydrogens (tertiary/aromatic N) is 2. The summed E-state index contributed by atoms with van der Waals surface area (Å²) in [5.41, 5.74) is 3.11. The molecule has 2 aromatic carbocycles. The van der Waals surface area contributed by atoms with Gasteiger partial charge in [-0.25, -0.2) is 0 Å². The number of carbonyl (C=O) groups excluding carboxylic acids is 3.